The number of aromatic nitrogens is 5. The van der Waals surface area contributed by atoms with Crippen molar-refractivity contribution < 1.29 is 0 Å². The fourth-order valence-electron chi connectivity index (χ4n) is 2.10. The third kappa shape index (κ3) is 2.86. The molecule has 23 heavy (non-hydrogen) atoms. The van der Waals surface area contributed by atoms with Crippen LogP contribution in [0.3, 0.4) is 0 Å². The molecule has 0 aliphatic carbocycles. The molecule has 0 spiro atoms. The average Bonchev–Trinajstić information content (AvgIpc) is 3.15. The van der Waals surface area contributed by atoms with E-state index in [1.165, 1.54) is 11.3 Å². The topological polar surface area (TPSA) is 56.0 Å². The zero-order valence-electron chi connectivity index (χ0n) is 11.8. The SMILES string of the molecule is Clc1ccc(/C=C/c2nn3c(-c4ccccn4)nnc3s2)cc1. The van der Waals surface area contributed by atoms with Crippen LogP contribution in [0.2, 0.25) is 5.02 Å². The summed E-state index contributed by atoms with van der Waals surface area (Å²) in [4.78, 5) is 5.03. The minimum absolute atomic E-state index is 0.642. The molecule has 0 N–H and O–H groups in total. The molecular formula is C16H10ClN5S. The first-order valence-corrected chi connectivity index (χ1v) is 8.06. The summed E-state index contributed by atoms with van der Waals surface area (Å²) in [5.74, 6) is 0.642. The van der Waals surface area contributed by atoms with Crippen LogP contribution in [-0.4, -0.2) is 24.8 Å². The fourth-order valence-corrected chi connectivity index (χ4v) is 2.96. The van der Waals surface area contributed by atoms with Gasteiger partial charge in [0.15, 0.2) is 0 Å². The van der Waals surface area contributed by atoms with Gasteiger partial charge in [-0.15, -0.1) is 10.2 Å². The third-order valence-electron chi connectivity index (χ3n) is 3.19. The minimum Gasteiger partial charge on any atom is -0.253 e. The molecule has 0 atom stereocenters. The van der Waals surface area contributed by atoms with Gasteiger partial charge in [-0.25, -0.2) is 0 Å². The molecule has 0 radical (unpaired) electrons. The number of hydrogen-bond acceptors (Lipinski definition) is 5. The molecule has 0 aliphatic heterocycles. The predicted octanol–water partition coefficient (Wildman–Crippen LogP) is 4.07. The van der Waals surface area contributed by atoms with Gasteiger partial charge >= 0.3 is 0 Å². The highest BCUT2D eigenvalue weighted by atomic mass is 35.5. The van der Waals surface area contributed by atoms with E-state index in [2.05, 4.69) is 20.3 Å². The van der Waals surface area contributed by atoms with Gasteiger partial charge in [0.25, 0.3) is 0 Å². The van der Waals surface area contributed by atoms with E-state index in [9.17, 15) is 0 Å². The summed E-state index contributed by atoms with van der Waals surface area (Å²) < 4.78 is 1.72. The smallest absolute Gasteiger partial charge is 0.235 e. The van der Waals surface area contributed by atoms with Crippen LogP contribution >= 0.6 is 22.9 Å². The van der Waals surface area contributed by atoms with Crippen LogP contribution in [0.1, 0.15) is 10.6 Å². The predicted molar refractivity (Wildman–Crippen MR) is 92.3 cm³/mol. The zero-order chi connectivity index (χ0) is 15.6. The summed E-state index contributed by atoms with van der Waals surface area (Å²) in [6.07, 6.45) is 5.66. The van der Waals surface area contributed by atoms with Crippen LogP contribution in [0.4, 0.5) is 0 Å². The first kappa shape index (κ1) is 14.0. The number of benzene rings is 1. The van der Waals surface area contributed by atoms with Crippen molar-refractivity contribution >= 4 is 40.1 Å². The van der Waals surface area contributed by atoms with E-state index < -0.39 is 0 Å². The van der Waals surface area contributed by atoms with Crippen molar-refractivity contribution in [3.8, 4) is 11.5 Å². The number of nitrogens with zero attached hydrogens (tertiary/aromatic N) is 5. The average molecular weight is 340 g/mol. The summed E-state index contributed by atoms with van der Waals surface area (Å²) in [6, 6.07) is 13.3. The van der Waals surface area contributed by atoms with Crippen LogP contribution in [-0.2, 0) is 0 Å². The Bertz CT molecular complexity index is 973. The molecule has 0 unspecified atom stereocenters. The molecule has 3 heterocycles. The maximum atomic E-state index is 5.88. The Morgan fingerprint density at radius 2 is 1.87 bits per heavy atom. The largest absolute Gasteiger partial charge is 0.253 e. The molecule has 4 rings (SSSR count). The van der Waals surface area contributed by atoms with Crippen molar-refractivity contribution in [2.75, 3.05) is 0 Å². The van der Waals surface area contributed by atoms with Crippen molar-refractivity contribution in [1.29, 1.82) is 0 Å². The Labute approximate surface area is 140 Å². The summed E-state index contributed by atoms with van der Waals surface area (Å²) in [5.41, 5.74) is 1.81. The van der Waals surface area contributed by atoms with Gasteiger partial charge in [0.2, 0.25) is 10.8 Å². The Morgan fingerprint density at radius 1 is 1.00 bits per heavy atom. The molecule has 0 saturated carbocycles. The van der Waals surface area contributed by atoms with Gasteiger partial charge in [-0.05, 0) is 35.9 Å². The van der Waals surface area contributed by atoms with Gasteiger partial charge in [0, 0.05) is 11.2 Å². The fraction of sp³-hybridized carbons (Fsp3) is 0. The maximum Gasteiger partial charge on any atom is 0.235 e. The van der Waals surface area contributed by atoms with Gasteiger partial charge in [-0.1, -0.05) is 47.2 Å². The van der Waals surface area contributed by atoms with Gasteiger partial charge in [-0.2, -0.15) is 9.61 Å². The Hall–Kier alpha value is -2.57. The van der Waals surface area contributed by atoms with Gasteiger partial charge < -0.3 is 0 Å². The van der Waals surface area contributed by atoms with Crippen LogP contribution in [0.5, 0.6) is 0 Å². The van der Waals surface area contributed by atoms with Crippen molar-refractivity contribution in [2.24, 2.45) is 0 Å². The van der Waals surface area contributed by atoms with E-state index in [1.54, 1.807) is 10.7 Å². The first-order chi connectivity index (χ1) is 11.3. The molecule has 0 bridgehead atoms. The molecule has 0 aliphatic rings. The van der Waals surface area contributed by atoms with E-state index in [-0.39, 0.29) is 0 Å². The highest BCUT2D eigenvalue weighted by Gasteiger charge is 2.12. The number of halogens is 1. The lowest BCUT2D eigenvalue weighted by molar-refractivity contribution is 0.951. The molecule has 0 fully saturated rings. The zero-order valence-corrected chi connectivity index (χ0v) is 13.4. The van der Waals surface area contributed by atoms with E-state index in [4.69, 9.17) is 11.6 Å². The lowest BCUT2D eigenvalue weighted by atomic mass is 10.2. The van der Waals surface area contributed by atoms with Crippen molar-refractivity contribution in [2.45, 2.75) is 0 Å². The Balaban J connectivity index is 1.67. The van der Waals surface area contributed by atoms with Crippen LogP contribution < -0.4 is 0 Å². The quantitative estimate of drug-likeness (QED) is 0.564. The minimum atomic E-state index is 0.642. The number of pyridine rings is 1. The molecule has 0 amide bonds. The highest BCUT2D eigenvalue weighted by Crippen LogP contribution is 2.21. The van der Waals surface area contributed by atoms with Gasteiger partial charge in [0.1, 0.15) is 10.7 Å². The molecular weight excluding hydrogens is 330 g/mol. The molecule has 1 aromatic carbocycles. The van der Waals surface area contributed by atoms with E-state index >= 15 is 0 Å². The van der Waals surface area contributed by atoms with Crippen molar-refractivity contribution in [3.05, 3.63) is 64.3 Å². The number of fused-ring (bicyclic) bond motifs is 1. The summed E-state index contributed by atoms with van der Waals surface area (Å²) in [5, 5.41) is 14.4. The summed E-state index contributed by atoms with van der Waals surface area (Å²) in [7, 11) is 0. The van der Waals surface area contributed by atoms with E-state index in [0.717, 1.165) is 26.2 Å². The molecule has 7 heteroatoms. The lowest BCUT2D eigenvalue weighted by Crippen LogP contribution is -1.92. The maximum absolute atomic E-state index is 5.88. The number of rotatable bonds is 3. The van der Waals surface area contributed by atoms with Crippen molar-refractivity contribution in [1.82, 2.24) is 24.8 Å². The first-order valence-electron chi connectivity index (χ1n) is 6.87. The number of hydrogen-bond donors (Lipinski definition) is 0. The second-order valence-corrected chi connectivity index (χ2v) is 6.18. The molecule has 3 aromatic heterocycles. The molecule has 4 aromatic rings. The van der Waals surface area contributed by atoms with Crippen molar-refractivity contribution in [3.63, 3.8) is 0 Å². The standard InChI is InChI=1S/C16H10ClN5S/c17-12-7-4-11(5-8-12)6-9-14-21-22-15(19-20-16(22)23-14)13-3-1-2-10-18-13/h1-10H/b9-6+. The second kappa shape index (κ2) is 5.91. The van der Waals surface area contributed by atoms with Gasteiger partial charge in [-0.3, -0.25) is 4.98 Å². The second-order valence-electron chi connectivity index (χ2n) is 4.76. The molecule has 0 saturated heterocycles. The van der Waals surface area contributed by atoms with E-state index in [0.29, 0.717) is 5.82 Å². The lowest BCUT2D eigenvalue weighted by Gasteiger charge is -1.94. The third-order valence-corrected chi connectivity index (χ3v) is 4.30. The molecule has 5 nitrogen and oxygen atoms in total. The molecule has 112 valence electrons. The highest BCUT2D eigenvalue weighted by molar-refractivity contribution is 7.17. The summed E-state index contributed by atoms with van der Waals surface area (Å²) >= 11 is 7.36. The summed E-state index contributed by atoms with van der Waals surface area (Å²) in [6.45, 7) is 0. The van der Waals surface area contributed by atoms with E-state index in [1.807, 2.05) is 54.6 Å². The monoisotopic (exact) mass is 339 g/mol. The van der Waals surface area contributed by atoms with Gasteiger partial charge in [0.05, 0.1) is 0 Å². The Kier molecular flexibility index (Phi) is 3.61. The van der Waals surface area contributed by atoms with Crippen LogP contribution in [0.25, 0.3) is 28.6 Å². The van der Waals surface area contributed by atoms with Crippen LogP contribution in [0, 0.1) is 0 Å². The normalized spacial score (nSPS) is 11.5. The van der Waals surface area contributed by atoms with Crippen LogP contribution in [0.15, 0.2) is 48.7 Å². The Morgan fingerprint density at radius 3 is 2.65 bits per heavy atom.